The van der Waals surface area contributed by atoms with Crippen molar-refractivity contribution < 1.29 is 0 Å². The number of anilines is 3. The molecule has 58 heavy (non-hydrogen) atoms. The summed E-state index contributed by atoms with van der Waals surface area (Å²) in [5.74, 6) is 0. The van der Waals surface area contributed by atoms with Gasteiger partial charge in [-0.1, -0.05) is 194 Å². The zero-order chi connectivity index (χ0) is 38.4. The highest BCUT2D eigenvalue weighted by molar-refractivity contribution is 7.27. The quantitative estimate of drug-likeness (QED) is 0.157. The van der Waals surface area contributed by atoms with E-state index in [0.29, 0.717) is 0 Å². The summed E-state index contributed by atoms with van der Waals surface area (Å²) in [5, 5.41) is 7.58. The summed E-state index contributed by atoms with van der Waals surface area (Å²) in [5.41, 5.74) is 13.2. The number of hydrogen-bond acceptors (Lipinski definition) is 2. The average molecular weight is 756 g/mol. The van der Waals surface area contributed by atoms with Crippen LogP contribution in [-0.4, -0.2) is 0 Å². The number of hydrogen-bond donors (Lipinski definition) is 0. The van der Waals surface area contributed by atoms with Gasteiger partial charge in [0.15, 0.2) is 0 Å². The Kier molecular flexibility index (Phi) is 8.42. The van der Waals surface area contributed by atoms with E-state index in [-0.39, 0.29) is 0 Å². The van der Waals surface area contributed by atoms with Gasteiger partial charge in [-0.2, -0.15) is 0 Å². The van der Waals surface area contributed by atoms with Crippen molar-refractivity contribution in [2.24, 2.45) is 0 Å². The van der Waals surface area contributed by atoms with Crippen LogP contribution < -0.4 is 4.90 Å². The van der Waals surface area contributed by atoms with E-state index in [9.17, 15) is 0 Å². The summed E-state index contributed by atoms with van der Waals surface area (Å²) in [6.45, 7) is 0. The Morgan fingerprint density at radius 2 is 0.690 bits per heavy atom. The van der Waals surface area contributed by atoms with E-state index in [1.807, 2.05) is 11.3 Å². The number of thiophene rings is 1. The number of benzene rings is 10. The zero-order valence-electron chi connectivity index (χ0n) is 31.7. The molecule has 0 atom stereocenters. The molecule has 1 aromatic heterocycles. The van der Waals surface area contributed by atoms with Crippen molar-refractivity contribution in [3.8, 4) is 44.5 Å². The van der Waals surface area contributed by atoms with Gasteiger partial charge in [0.25, 0.3) is 0 Å². The first-order valence-electron chi connectivity index (χ1n) is 19.8. The van der Waals surface area contributed by atoms with E-state index in [2.05, 4.69) is 229 Å². The second-order valence-electron chi connectivity index (χ2n) is 14.9. The van der Waals surface area contributed by atoms with Gasteiger partial charge in [0, 0.05) is 47.9 Å². The molecule has 0 aliphatic heterocycles. The van der Waals surface area contributed by atoms with Crippen molar-refractivity contribution in [3.63, 3.8) is 0 Å². The van der Waals surface area contributed by atoms with Crippen molar-refractivity contribution in [2.75, 3.05) is 4.90 Å². The largest absolute Gasteiger partial charge is 0.310 e. The number of fused-ring (bicyclic) bond motifs is 6. The Morgan fingerprint density at radius 3 is 1.29 bits per heavy atom. The molecule has 0 aliphatic carbocycles. The minimum absolute atomic E-state index is 1.11. The lowest BCUT2D eigenvalue weighted by molar-refractivity contribution is 1.30. The molecular formula is C56H37NS. The molecule has 0 bridgehead atoms. The van der Waals surface area contributed by atoms with E-state index in [1.165, 1.54) is 86.2 Å². The molecule has 0 amide bonds. The van der Waals surface area contributed by atoms with Crippen LogP contribution in [0.3, 0.4) is 0 Å². The first-order chi connectivity index (χ1) is 28.8. The summed E-state index contributed by atoms with van der Waals surface area (Å²) in [7, 11) is 0. The van der Waals surface area contributed by atoms with E-state index in [0.717, 1.165) is 17.1 Å². The van der Waals surface area contributed by atoms with Gasteiger partial charge < -0.3 is 4.90 Å². The third-order valence-corrected chi connectivity index (χ3v) is 12.8. The van der Waals surface area contributed by atoms with Crippen LogP contribution in [-0.2, 0) is 0 Å². The molecule has 0 fully saturated rings. The van der Waals surface area contributed by atoms with Crippen molar-refractivity contribution >= 4 is 70.1 Å². The van der Waals surface area contributed by atoms with Gasteiger partial charge in [-0.05, 0) is 80.0 Å². The summed E-state index contributed by atoms with van der Waals surface area (Å²) < 4.78 is 2.63. The van der Waals surface area contributed by atoms with Gasteiger partial charge in [-0.15, -0.1) is 11.3 Å². The second kappa shape index (κ2) is 14.4. The first-order valence-corrected chi connectivity index (χ1v) is 20.7. The first kappa shape index (κ1) is 34.0. The molecule has 1 nitrogen and oxygen atoms in total. The molecule has 0 saturated heterocycles. The Morgan fingerprint density at radius 1 is 0.276 bits per heavy atom. The van der Waals surface area contributed by atoms with Gasteiger partial charge >= 0.3 is 0 Å². The minimum Gasteiger partial charge on any atom is -0.310 e. The van der Waals surface area contributed by atoms with Crippen LogP contribution in [0.25, 0.3) is 86.2 Å². The highest BCUT2D eigenvalue weighted by Crippen LogP contribution is 2.49. The van der Waals surface area contributed by atoms with Crippen LogP contribution in [0.2, 0.25) is 0 Å². The maximum atomic E-state index is 2.44. The Bertz CT molecular complexity index is 3230. The van der Waals surface area contributed by atoms with Crippen LogP contribution in [0.5, 0.6) is 0 Å². The molecule has 10 aromatic carbocycles. The van der Waals surface area contributed by atoms with Gasteiger partial charge in [-0.25, -0.2) is 0 Å². The Labute approximate surface area is 342 Å². The molecule has 272 valence electrons. The Hall–Kier alpha value is -7.26. The minimum atomic E-state index is 1.11. The fourth-order valence-electron chi connectivity index (χ4n) is 8.61. The normalized spacial score (nSPS) is 11.4. The van der Waals surface area contributed by atoms with Crippen molar-refractivity contribution in [1.29, 1.82) is 0 Å². The molecule has 0 spiro atoms. The molecule has 11 rings (SSSR count). The Balaban J connectivity index is 1.08. The number of rotatable bonds is 7. The highest BCUT2D eigenvalue weighted by atomic mass is 32.1. The van der Waals surface area contributed by atoms with Gasteiger partial charge in [-0.3, -0.25) is 0 Å². The van der Waals surface area contributed by atoms with Gasteiger partial charge in [0.2, 0.25) is 0 Å². The van der Waals surface area contributed by atoms with Crippen LogP contribution in [0.1, 0.15) is 0 Å². The van der Waals surface area contributed by atoms with Crippen molar-refractivity contribution in [1.82, 2.24) is 0 Å². The van der Waals surface area contributed by atoms with Gasteiger partial charge in [0.1, 0.15) is 0 Å². The molecule has 0 saturated carbocycles. The molecule has 0 aliphatic rings. The van der Waals surface area contributed by atoms with Crippen molar-refractivity contribution in [2.45, 2.75) is 0 Å². The molecule has 2 heteroatoms. The molecule has 0 N–H and O–H groups in total. The number of nitrogens with zero attached hydrogens (tertiary/aromatic N) is 1. The van der Waals surface area contributed by atoms with E-state index in [4.69, 9.17) is 0 Å². The van der Waals surface area contributed by atoms with Gasteiger partial charge in [0.05, 0.1) is 5.69 Å². The molecule has 11 aromatic rings. The summed E-state index contributed by atoms with van der Waals surface area (Å²) in [6, 6.07) is 81.8. The molecule has 0 radical (unpaired) electrons. The lowest BCUT2D eigenvalue weighted by Gasteiger charge is -2.27. The molecular weight excluding hydrogens is 719 g/mol. The average Bonchev–Trinajstić information content (AvgIpc) is 3.69. The summed E-state index contributed by atoms with van der Waals surface area (Å²) in [4.78, 5) is 2.44. The fourth-order valence-corrected chi connectivity index (χ4v) is 9.95. The predicted molar refractivity (Wildman–Crippen MR) is 251 cm³/mol. The monoisotopic (exact) mass is 755 g/mol. The van der Waals surface area contributed by atoms with Crippen LogP contribution in [0.15, 0.2) is 224 Å². The fraction of sp³-hybridized carbons (Fsp3) is 0. The maximum absolute atomic E-state index is 2.44. The zero-order valence-corrected chi connectivity index (χ0v) is 32.5. The second-order valence-corrected chi connectivity index (χ2v) is 15.9. The summed E-state index contributed by atoms with van der Waals surface area (Å²) >= 11 is 1.91. The van der Waals surface area contributed by atoms with Crippen LogP contribution >= 0.6 is 11.3 Å². The third-order valence-electron chi connectivity index (χ3n) is 11.5. The van der Waals surface area contributed by atoms with E-state index < -0.39 is 0 Å². The maximum Gasteiger partial charge on any atom is 0.0547 e. The standard InChI is InChI=1S/C56H37NS/c1-3-13-38(14-4-1)40-25-27-41(28-26-40)43-31-35-46(36-32-43)57(45-33-29-42(30-34-45)39-15-5-2-6-16-39)54-37-53-52-24-12-23-50(48-22-11-18-44-17-7-8-19-47(44)48)55(52)58-56(53)51-21-10-9-20-49(51)54/h1-37H. The lowest BCUT2D eigenvalue weighted by Crippen LogP contribution is -2.10. The third kappa shape index (κ3) is 5.94. The SMILES string of the molecule is c1ccc(-c2ccc(-c3ccc(N(c4ccc(-c5ccccc5)cc4)c4cc5c6cccc(-c7cccc8ccccc78)c6sc5c5ccccc45)cc3)cc2)cc1. The smallest absolute Gasteiger partial charge is 0.0547 e. The topological polar surface area (TPSA) is 3.24 Å². The molecule has 1 heterocycles. The van der Waals surface area contributed by atoms with Crippen LogP contribution in [0, 0.1) is 0 Å². The van der Waals surface area contributed by atoms with E-state index in [1.54, 1.807) is 0 Å². The summed E-state index contributed by atoms with van der Waals surface area (Å²) in [6.07, 6.45) is 0. The lowest BCUT2D eigenvalue weighted by atomic mass is 9.96. The van der Waals surface area contributed by atoms with E-state index >= 15 is 0 Å². The molecule has 0 unspecified atom stereocenters. The van der Waals surface area contributed by atoms with Crippen LogP contribution in [0.4, 0.5) is 17.1 Å². The predicted octanol–water partition coefficient (Wildman–Crippen LogP) is 16.5. The van der Waals surface area contributed by atoms with Crippen molar-refractivity contribution in [3.05, 3.63) is 224 Å². The highest BCUT2D eigenvalue weighted by Gasteiger charge is 2.21.